The maximum atomic E-state index is 14.7. The molecule has 0 spiro atoms. The maximum Gasteiger partial charge on any atom is 0.143 e. The Morgan fingerprint density at radius 2 is 2.09 bits per heavy atom. The van der Waals surface area contributed by atoms with Gasteiger partial charge in [-0.05, 0) is 37.4 Å². The highest BCUT2D eigenvalue weighted by Gasteiger charge is 2.32. The van der Waals surface area contributed by atoms with Crippen LogP contribution in [-0.4, -0.2) is 66.5 Å². The molecule has 2 aliphatic rings. The minimum atomic E-state index is -0.379. The summed E-state index contributed by atoms with van der Waals surface area (Å²) >= 11 is 0. The van der Waals surface area contributed by atoms with Crippen molar-refractivity contribution >= 4 is 16.6 Å². The molecule has 0 saturated carbocycles. The van der Waals surface area contributed by atoms with E-state index in [0.29, 0.717) is 29.7 Å². The third kappa shape index (κ3) is 3.29. The van der Waals surface area contributed by atoms with E-state index in [1.807, 2.05) is 12.1 Å². The monoisotopic (exact) mass is 445 g/mol. The number of aromatic amines is 1. The number of methoxy groups -OCH3 is 1. The number of ether oxygens (including phenoxy) is 2. The first-order chi connectivity index (χ1) is 16.1. The fraction of sp³-hybridized carbons (Fsp3) is 0.280. The van der Waals surface area contributed by atoms with Crippen LogP contribution in [0.5, 0.6) is 11.5 Å². The normalized spacial score (nSPS) is 18.0. The minimum absolute atomic E-state index is 0.337. The number of rotatable bonds is 3. The van der Waals surface area contributed by atoms with Crippen molar-refractivity contribution in [3.05, 3.63) is 54.5 Å². The molecule has 1 unspecified atom stereocenters. The zero-order chi connectivity index (χ0) is 22.5. The molecule has 8 heteroatoms. The number of nitrogens with zero attached hydrogens (tertiary/aromatic N) is 4. The van der Waals surface area contributed by atoms with Crippen LogP contribution in [0.1, 0.15) is 0 Å². The molecule has 0 amide bonds. The molecule has 7 nitrogen and oxygen atoms in total. The van der Waals surface area contributed by atoms with Crippen LogP contribution in [0.2, 0.25) is 0 Å². The molecule has 1 atom stereocenters. The van der Waals surface area contributed by atoms with Gasteiger partial charge in [0.15, 0.2) is 0 Å². The Morgan fingerprint density at radius 3 is 2.97 bits per heavy atom. The summed E-state index contributed by atoms with van der Waals surface area (Å²) in [5.41, 5.74) is 4.45. The molecule has 4 aromatic rings. The number of H-pyrrole nitrogens is 1. The minimum Gasteiger partial charge on any atom is -0.496 e. The van der Waals surface area contributed by atoms with Crippen LogP contribution in [0, 0.1) is 5.82 Å². The molecule has 168 valence electrons. The average molecular weight is 445 g/mol. The average Bonchev–Trinajstić information content (AvgIpc) is 3.26. The van der Waals surface area contributed by atoms with E-state index in [-0.39, 0.29) is 5.82 Å². The van der Waals surface area contributed by atoms with Crippen molar-refractivity contribution in [2.75, 3.05) is 45.3 Å². The van der Waals surface area contributed by atoms with Crippen LogP contribution in [0.15, 0.2) is 48.7 Å². The molecule has 1 N–H and O–H groups in total. The van der Waals surface area contributed by atoms with E-state index < -0.39 is 0 Å². The van der Waals surface area contributed by atoms with Crippen LogP contribution < -0.4 is 14.4 Å². The Hall–Kier alpha value is -3.65. The molecule has 1 fully saturated rings. The van der Waals surface area contributed by atoms with Crippen LogP contribution in [0.25, 0.3) is 33.4 Å². The van der Waals surface area contributed by atoms with Gasteiger partial charge in [0.1, 0.15) is 29.6 Å². The van der Waals surface area contributed by atoms with Crippen LogP contribution >= 0.6 is 0 Å². The van der Waals surface area contributed by atoms with Crippen molar-refractivity contribution in [1.29, 1.82) is 0 Å². The summed E-state index contributed by atoms with van der Waals surface area (Å²) in [4.78, 5) is 9.23. The Bertz CT molecular complexity index is 1350. The Balaban J connectivity index is 1.41. The van der Waals surface area contributed by atoms with Gasteiger partial charge in [0, 0.05) is 30.6 Å². The molecule has 33 heavy (non-hydrogen) atoms. The van der Waals surface area contributed by atoms with Crippen molar-refractivity contribution in [2.45, 2.75) is 6.04 Å². The van der Waals surface area contributed by atoms with E-state index in [4.69, 9.17) is 9.47 Å². The zero-order valence-electron chi connectivity index (χ0n) is 18.5. The predicted octanol–water partition coefficient (Wildman–Crippen LogP) is 3.95. The lowest BCUT2D eigenvalue weighted by Gasteiger charge is -2.44. The van der Waals surface area contributed by atoms with Gasteiger partial charge < -0.3 is 19.3 Å². The van der Waals surface area contributed by atoms with Gasteiger partial charge >= 0.3 is 0 Å². The van der Waals surface area contributed by atoms with Gasteiger partial charge in [-0.2, -0.15) is 5.10 Å². The van der Waals surface area contributed by atoms with E-state index in [0.717, 1.165) is 53.2 Å². The summed E-state index contributed by atoms with van der Waals surface area (Å²) in [6.07, 6.45) is 1.68. The number of anilines is 1. The number of likely N-dealkylation sites (N-methyl/N-ethyl adjacent to an activating group) is 1. The van der Waals surface area contributed by atoms with E-state index in [1.54, 1.807) is 18.3 Å². The van der Waals surface area contributed by atoms with E-state index in [2.05, 4.69) is 44.2 Å². The molecule has 2 aromatic heterocycles. The van der Waals surface area contributed by atoms with Crippen LogP contribution in [-0.2, 0) is 0 Å². The highest BCUT2D eigenvalue weighted by Crippen LogP contribution is 2.40. The summed E-state index contributed by atoms with van der Waals surface area (Å²) in [5, 5.41) is 8.44. The van der Waals surface area contributed by atoms with Crippen molar-refractivity contribution in [3.8, 4) is 34.0 Å². The Morgan fingerprint density at radius 1 is 1.18 bits per heavy atom. The van der Waals surface area contributed by atoms with E-state index in [1.165, 1.54) is 13.2 Å². The summed E-state index contributed by atoms with van der Waals surface area (Å²) in [6, 6.07) is 13.2. The van der Waals surface area contributed by atoms with Crippen molar-refractivity contribution in [3.63, 3.8) is 0 Å². The molecule has 0 bridgehead atoms. The fourth-order valence-electron chi connectivity index (χ4n) is 4.87. The summed E-state index contributed by atoms with van der Waals surface area (Å²) < 4.78 is 26.2. The molecule has 2 aliphatic heterocycles. The topological polar surface area (TPSA) is 66.5 Å². The number of fused-ring (bicyclic) bond motifs is 4. The largest absolute Gasteiger partial charge is 0.496 e. The van der Waals surface area contributed by atoms with Gasteiger partial charge in [-0.1, -0.05) is 12.1 Å². The molecular formula is C25H24FN5O2. The van der Waals surface area contributed by atoms with Gasteiger partial charge in [0.2, 0.25) is 0 Å². The summed E-state index contributed by atoms with van der Waals surface area (Å²) in [7, 11) is 3.68. The third-order valence-electron chi connectivity index (χ3n) is 6.56. The number of hydrogen-bond donors (Lipinski definition) is 1. The standard InChI is InChI=1S/C25H24FN5O2/c1-30-8-9-31-16(13-30)14-33-23-10-15(6-7-21(23)31)25-17-11-19(27-12-20(17)28-29-25)24-18(26)4-3-5-22(24)32-2/h3-7,10-12,16H,8-9,13-14H2,1-2H3,(H,28,29). The Kier molecular flexibility index (Phi) is 4.69. The first-order valence-corrected chi connectivity index (χ1v) is 11.0. The predicted molar refractivity (Wildman–Crippen MR) is 125 cm³/mol. The summed E-state index contributed by atoms with van der Waals surface area (Å²) in [5.74, 6) is 0.931. The number of nitrogens with one attached hydrogen (secondary N) is 1. The fourth-order valence-corrected chi connectivity index (χ4v) is 4.87. The summed E-state index contributed by atoms with van der Waals surface area (Å²) in [6.45, 7) is 3.70. The van der Waals surface area contributed by atoms with Crippen LogP contribution in [0.4, 0.5) is 10.1 Å². The molecule has 0 aliphatic carbocycles. The number of pyridine rings is 1. The molecule has 2 aromatic carbocycles. The number of aromatic nitrogens is 3. The lowest BCUT2D eigenvalue weighted by atomic mass is 10.0. The van der Waals surface area contributed by atoms with Gasteiger partial charge in [-0.3, -0.25) is 10.1 Å². The van der Waals surface area contributed by atoms with Gasteiger partial charge in [-0.25, -0.2) is 4.39 Å². The van der Waals surface area contributed by atoms with Crippen molar-refractivity contribution in [2.24, 2.45) is 0 Å². The highest BCUT2D eigenvalue weighted by molar-refractivity contribution is 5.95. The second-order valence-corrected chi connectivity index (χ2v) is 8.61. The van der Waals surface area contributed by atoms with Crippen molar-refractivity contribution in [1.82, 2.24) is 20.1 Å². The zero-order valence-corrected chi connectivity index (χ0v) is 18.5. The molecule has 0 radical (unpaired) electrons. The van der Waals surface area contributed by atoms with E-state index in [9.17, 15) is 4.39 Å². The lowest BCUT2D eigenvalue weighted by molar-refractivity contribution is 0.188. The number of benzene rings is 2. The smallest absolute Gasteiger partial charge is 0.143 e. The SMILES string of the molecule is COc1cccc(F)c1-c1cc2c(-c3ccc4c(c3)OCC3CN(C)CCN43)n[nH]c2cn1. The highest BCUT2D eigenvalue weighted by atomic mass is 19.1. The van der Waals surface area contributed by atoms with Gasteiger partial charge in [-0.15, -0.1) is 0 Å². The van der Waals surface area contributed by atoms with Gasteiger partial charge in [0.25, 0.3) is 0 Å². The maximum absolute atomic E-state index is 14.7. The Labute approximate surface area is 190 Å². The van der Waals surface area contributed by atoms with Crippen molar-refractivity contribution < 1.29 is 13.9 Å². The lowest BCUT2D eigenvalue weighted by Crippen LogP contribution is -2.56. The number of piperazine rings is 1. The second-order valence-electron chi connectivity index (χ2n) is 8.61. The molecular weight excluding hydrogens is 421 g/mol. The number of hydrogen-bond acceptors (Lipinski definition) is 6. The van der Waals surface area contributed by atoms with Gasteiger partial charge in [0.05, 0.1) is 41.8 Å². The van der Waals surface area contributed by atoms with E-state index >= 15 is 0 Å². The van der Waals surface area contributed by atoms with Crippen LogP contribution in [0.3, 0.4) is 0 Å². The third-order valence-corrected chi connectivity index (χ3v) is 6.56. The molecule has 6 rings (SSSR count). The first kappa shape index (κ1) is 20.0. The quantitative estimate of drug-likeness (QED) is 0.515. The second kappa shape index (κ2) is 7.74. The first-order valence-electron chi connectivity index (χ1n) is 11.0. The number of halogens is 1. The molecule has 4 heterocycles. The molecule has 1 saturated heterocycles.